The maximum absolute atomic E-state index is 5.87. The van der Waals surface area contributed by atoms with Crippen LogP contribution in [0.25, 0.3) is 10.9 Å². The van der Waals surface area contributed by atoms with Crippen molar-refractivity contribution in [2.75, 3.05) is 0 Å². The summed E-state index contributed by atoms with van der Waals surface area (Å²) in [4.78, 5) is 3.38. The van der Waals surface area contributed by atoms with Crippen LogP contribution in [0.5, 0.6) is 0 Å². The Morgan fingerprint density at radius 1 is 1.41 bits per heavy atom. The average molecular weight is 264 g/mol. The van der Waals surface area contributed by atoms with Crippen molar-refractivity contribution in [1.29, 1.82) is 0 Å². The quantitative estimate of drug-likeness (QED) is 0.763. The molecule has 1 aromatic heterocycles. The molecule has 0 aliphatic heterocycles. The van der Waals surface area contributed by atoms with Crippen LogP contribution in [0.15, 0.2) is 35.4 Å². The Balaban J connectivity index is 2.64. The second-order valence-corrected chi connectivity index (χ2v) is 5.10. The fourth-order valence-electron chi connectivity index (χ4n) is 1.89. The van der Waals surface area contributed by atoms with E-state index in [1.54, 1.807) is 0 Å². The topological polar surface area (TPSA) is 15.8 Å². The van der Waals surface area contributed by atoms with Crippen molar-refractivity contribution >= 4 is 34.7 Å². The molecule has 0 atom stereocenters. The third-order valence-electron chi connectivity index (χ3n) is 2.81. The average Bonchev–Trinajstić information content (AvgIpc) is 2.28. The molecule has 1 N–H and O–H groups in total. The number of rotatable bonds is 2. The summed E-state index contributed by atoms with van der Waals surface area (Å²) < 4.78 is 0.922. The Morgan fingerprint density at radius 2 is 2.12 bits per heavy atom. The highest BCUT2D eigenvalue weighted by molar-refractivity contribution is 7.71. The number of para-hydroxylation sites is 1. The highest BCUT2D eigenvalue weighted by Gasteiger charge is 2.04. The van der Waals surface area contributed by atoms with Gasteiger partial charge in [0, 0.05) is 21.6 Å². The number of nitrogens with one attached hydrogen (secondary N) is 1. The van der Waals surface area contributed by atoms with Gasteiger partial charge in [-0.15, -0.1) is 0 Å². The predicted octanol–water partition coefficient (Wildman–Crippen LogP) is 4.89. The van der Waals surface area contributed by atoms with E-state index in [4.69, 9.17) is 23.8 Å². The van der Waals surface area contributed by atoms with Crippen LogP contribution in [-0.2, 0) is 6.42 Å². The number of benzene rings is 1. The molecule has 0 aliphatic carbocycles. The van der Waals surface area contributed by atoms with Gasteiger partial charge in [0.05, 0.1) is 4.51 Å². The first kappa shape index (κ1) is 12.3. The van der Waals surface area contributed by atoms with Crippen LogP contribution >= 0.6 is 23.8 Å². The van der Waals surface area contributed by atoms with Crippen molar-refractivity contribution in [3.63, 3.8) is 0 Å². The van der Waals surface area contributed by atoms with Gasteiger partial charge in [-0.3, -0.25) is 0 Å². The number of aryl methyl sites for hydroxylation is 1. The van der Waals surface area contributed by atoms with E-state index in [0.717, 1.165) is 38.1 Å². The number of fused-ring (bicyclic) bond motifs is 1. The van der Waals surface area contributed by atoms with Gasteiger partial charge in [-0.1, -0.05) is 48.1 Å². The third-order valence-corrected chi connectivity index (χ3v) is 3.43. The highest BCUT2D eigenvalue weighted by atomic mass is 35.5. The van der Waals surface area contributed by atoms with E-state index in [2.05, 4.69) is 11.9 Å². The van der Waals surface area contributed by atoms with E-state index < -0.39 is 0 Å². The van der Waals surface area contributed by atoms with Gasteiger partial charge in [0.1, 0.15) is 0 Å². The molecule has 0 saturated heterocycles. The van der Waals surface area contributed by atoms with Crippen LogP contribution in [0.1, 0.15) is 18.2 Å². The zero-order chi connectivity index (χ0) is 12.4. The first-order valence-corrected chi connectivity index (χ1v) is 6.31. The number of allylic oxidation sites excluding steroid dienone is 2. The molecule has 17 heavy (non-hydrogen) atoms. The van der Waals surface area contributed by atoms with Crippen LogP contribution in [0.2, 0.25) is 0 Å². The molecule has 0 bridgehead atoms. The maximum Gasteiger partial charge on any atom is 0.0522 e. The lowest BCUT2D eigenvalue weighted by Gasteiger charge is -2.07. The number of aromatic amines is 1. The van der Waals surface area contributed by atoms with E-state index in [9.17, 15) is 0 Å². The Labute approximate surface area is 111 Å². The third kappa shape index (κ3) is 2.59. The van der Waals surface area contributed by atoms with Gasteiger partial charge in [0.2, 0.25) is 0 Å². The molecule has 88 valence electrons. The molecule has 1 aromatic carbocycles. The van der Waals surface area contributed by atoms with Gasteiger partial charge < -0.3 is 4.98 Å². The molecule has 2 aromatic rings. The van der Waals surface area contributed by atoms with Gasteiger partial charge in [-0.05, 0) is 31.9 Å². The number of aromatic nitrogens is 1. The zero-order valence-corrected chi connectivity index (χ0v) is 11.5. The monoisotopic (exact) mass is 263 g/mol. The molecule has 0 radical (unpaired) electrons. The summed E-state index contributed by atoms with van der Waals surface area (Å²) in [5, 5.41) is 1.90. The lowest BCUT2D eigenvalue weighted by Crippen LogP contribution is -1.94. The molecular formula is C14H14ClNS. The van der Waals surface area contributed by atoms with Crippen LogP contribution < -0.4 is 0 Å². The van der Waals surface area contributed by atoms with E-state index in [1.165, 1.54) is 0 Å². The van der Waals surface area contributed by atoms with E-state index in [0.29, 0.717) is 0 Å². The van der Waals surface area contributed by atoms with E-state index in [1.807, 2.05) is 37.3 Å². The Bertz CT molecular complexity index is 636. The molecule has 1 heterocycles. The second-order valence-electron chi connectivity index (χ2n) is 4.10. The van der Waals surface area contributed by atoms with Gasteiger partial charge in [-0.25, -0.2) is 0 Å². The first-order valence-electron chi connectivity index (χ1n) is 5.52. The summed E-state index contributed by atoms with van der Waals surface area (Å²) in [5.74, 6) is 0. The molecule has 0 amide bonds. The summed E-state index contributed by atoms with van der Waals surface area (Å²) >= 11 is 11.4. The number of H-pyrrole nitrogens is 1. The summed E-state index contributed by atoms with van der Waals surface area (Å²) in [5.41, 5.74) is 3.35. The predicted molar refractivity (Wildman–Crippen MR) is 77.2 cm³/mol. The van der Waals surface area contributed by atoms with Crippen LogP contribution in [-0.4, -0.2) is 4.98 Å². The minimum Gasteiger partial charge on any atom is -0.358 e. The summed E-state index contributed by atoms with van der Waals surface area (Å²) in [6, 6.07) is 8.11. The van der Waals surface area contributed by atoms with Gasteiger partial charge in [0.15, 0.2) is 0 Å². The maximum atomic E-state index is 5.87. The van der Waals surface area contributed by atoms with Crippen LogP contribution in [0, 0.1) is 11.4 Å². The molecule has 0 fully saturated rings. The fraction of sp³-hybridized carbons (Fsp3) is 0.214. The van der Waals surface area contributed by atoms with Crippen molar-refractivity contribution in [3.8, 4) is 0 Å². The minimum absolute atomic E-state index is 0.779. The van der Waals surface area contributed by atoms with Crippen LogP contribution in [0.3, 0.4) is 0 Å². The lowest BCUT2D eigenvalue weighted by molar-refractivity contribution is 1.12. The van der Waals surface area contributed by atoms with E-state index >= 15 is 0 Å². The number of halogens is 1. The number of hydrogen-bond donors (Lipinski definition) is 1. The molecule has 3 heteroatoms. The lowest BCUT2D eigenvalue weighted by atomic mass is 10.1. The molecular weight excluding hydrogens is 250 g/mol. The molecule has 0 saturated carbocycles. The zero-order valence-electron chi connectivity index (χ0n) is 9.88. The second kappa shape index (κ2) is 5.03. The SMILES string of the molecule is C/C(Cl)=C/Cc1c(C)[nH]c2ccccc2c1=S. The van der Waals surface area contributed by atoms with Crippen LogP contribution in [0.4, 0.5) is 0 Å². The van der Waals surface area contributed by atoms with E-state index in [-0.39, 0.29) is 0 Å². The smallest absolute Gasteiger partial charge is 0.0522 e. The normalized spacial score (nSPS) is 12.1. The summed E-state index contributed by atoms with van der Waals surface area (Å²) in [7, 11) is 0. The summed E-state index contributed by atoms with van der Waals surface area (Å²) in [6.45, 7) is 3.93. The number of hydrogen-bond acceptors (Lipinski definition) is 1. The van der Waals surface area contributed by atoms with Gasteiger partial charge in [-0.2, -0.15) is 0 Å². The molecule has 2 rings (SSSR count). The molecule has 1 nitrogen and oxygen atoms in total. The standard InChI is InChI=1S/C14H14ClNS/c1-9(15)7-8-11-10(2)16-13-6-4-3-5-12(13)14(11)17/h3-7H,8H2,1-2H3,(H,16,17)/b9-7-. The Kier molecular flexibility index (Phi) is 3.65. The molecule has 0 aliphatic rings. The molecule has 0 unspecified atom stereocenters. The Hall–Kier alpha value is -1.12. The fourth-order valence-corrected chi connectivity index (χ4v) is 2.38. The van der Waals surface area contributed by atoms with Crippen molar-refractivity contribution in [1.82, 2.24) is 4.98 Å². The van der Waals surface area contributed by atoms with Crippen molar-refractivity contribution in [2.45, 2.75) is 20.3 Å². The molecule has 0 spiro atoms. The minimum atomic E-state index is 0.779. The van der Waals surface area contributed by atoms with Gasteiger partial charge >= 0.3 is 0 Å². The number of pyridine rings is 1. The largest absolute Gasteiger partial charge is 0.358 e. The van der Waals surface area contributed by atoms with Crippen molar-refractivity contribution in [3.05, 3.63) is 51.1 Å². The van der Waals surface area contributed by atoms with Gasteiger partial charge in [0.25, 0.3) is 0 Å². The summed E-state index contributed by atoms with van der Waals surface area (Å²) in [6.07, 6.45) is 2.77. The van der Waals surface area contributed by atoms with Crippen molar-refractivity contribution < 1.29 is 0 Å². The van der Waals surface area contributed by atoms with Crippen molar-refractivity contribution in [2.24, 2.45) is 0 Å². The Morgan fingerprint density at radius 3 is 2.82 bits per heavy atom. The first-order chi connectivity index (χ1) is 8.09. The highest BCUT2D eigenvalue weighted by Crippen LogP contribution is 2.20.